The molecule has 88 valence electrons. The smallest absolute Gasteiger partial charge is 0.311 e. The summed E-state index contributed by atoms with van der Waals surface area (Å²) in [6.07, 6.45) is 0. The van der Waals surface area contributed by atoms with Gasteiger partial charge in [0.05, 0.1) is 17.5 Å². The summed E-state index contributed by atoms with van der Waals surface area (Å²) in [5.74, 6) is -1.14. The van der Waals surface area contributed by atoms with E-state index in [1.165, 1.54) is 0 Å². The van der Waals surface area contributed by atoms with Crippen LogP contribution in [0.15, 0.2) is 0 Å². The molecule has 0 aliphatic heterocycles. The van der Waals surface area contributed by atoms with Crippen molar-refractivity contribution in [3.05, 3.63) is 0 Å². The van der Waals surface area contributed by atoms with E-state index in [2.05, 4.69) is 10.6 Å². The van der Waals surface area contributed by atoms with Crippen LogP contribution < -0.4 is 10.6 Å². The van der Waals surface area contributed by atoms with E-state index in [-0.39, 0.29) is 12.5 Å². The SMILES string of the molecule is CNCC(=O)NC(C)(C)C(C)(C)C(=O)O. The lowest BCUT2D eigenvalue weighted by Crippen LogP contribution is -2.58. The summed E-state index contributed by atoms with van der Waals surface area (Å²) in [6.45, 7) is 6.77. The lowest BCUT2D eigenvalue weighted by atomic mass is 9.74. The summed E-state index contributed by atoms with van der Waals surface area (Å²) < 4.78 is 0. The van der Waals surface area contributed by atoms with Crippen LogP contribution in [0.2, 0.25) is 0 Å². The normalized spacial score (nSPS) is 12.3. The number of amides is 1. The van der Waals surface area contributed by atoms with Crippen molar-refractivity contribution in [2.45, 2.75) is 33.2 Å². The van der Waals surface area contributed by atoms with Gasteiger partial charge in [0.1, 0.15) is 0 Å². The van der Waals surface area contributed by atoms with Crippen molar-refractivity contribution in [2.75, 3.05) is 13.6 Å². The second-order valence-corrected chi connectivity index (χ2v) is 4.63. The molecule has 15 heavy (non-hydrogen) atoms. The number of likely N-dealkylation sites (N-methyl/N-ethyl adjacent to an activating group) is 1. The van der Waals surface area contributed by atoms with E-state index >= 15 is 0 Å². The molecule has 5 nitrogen and oxygen atoms in total. The van der Waals surface area contributed by atoms with Gasteiger partial charge in [0, 0.05) is 0 Å². The summed E-state index contributed by atoms with van der Waals surface area (Å²) in [7, 11) is 1.66. The minimum Gasteiger partial charge on any atom is -0.481 e. The van der Waals surface area contributed by atoms with Crippen molar-refractivity contribution in [3.8, 4) is 0 Å². The molecule has 0 aliphatic carbocycles. The third kappa shape index (κ3) is 3.20. The molecule has 0 fully saturated rings. The second kappa shape index (κ2) is 4.61. The maximum Gasteiger partial charge on any atom is 0.311 e. The van der Waals surface area contributed by atoms with E-state index in [1.807, 2.05) is 0 Å². The number of rotatable bonds is 5. The van der Waals surface area contributed by atoms with Crippen molar-refractivity contribution in [2.24, 2.45) is 5.41 Å². The molecule has 0 rings (SSSR count). The predicted molar refractivity (Wildman–Crippen MR) is 57.6 cm³/mol. The largest absolute Gasteiger partial charge is 0.481 e. The Morgan fingerprint density at radius 1 is 1.20 bits per heavy atom. The summed E-state index contributed by atoms with van der Waals surface area (Å²) in [5.41, 5.74) is -1.82. The van der Waals surface area contributed by atoms with Crippen molar-refractivity contribution in [1.29, 1.82) is 0 Å². The fourth-order valence-electron chi connectivity index (χ4n) is 0.977. The van der Waals surface area contributed by atoms with Crippen LogP contribution in [0.1, 0.15) is 27.7 Å². The molecule has 0 aliphatic rings. The topological polar surface area (TPSA) is 78.4 Å². The van der Waals surface area contributed by atoms with Gasteiger partial charge in [-0.25, -0.2) is 0 Å². The zero-order valence-electron chi connectivity index (χ0n) is 9.97. The maximum absolute atomic E-state index is 11.4. The molecule has 0 spiro atoms. The number of carboxylic acids is 1. The Morgan fingerprint density at radius 3 is 2.00 bits per heavy atom. The Morgan fingerprint density at radius 2 is 1.67 bits per heavy atom. The predicted octanol–water partition coefficient (Wildman–Crippen LogP) is 0.211. The number of nitrogens with one attached hydrogen (secondary N) is 2. The first kappa shape index (κ1) is 13.9. The van der Waals surface area contributed by atoms with E-state index in [4.69, 9.17) is 5.11 Å². The van der Waals surface area contributed by atoms with Gasteiger partial charge in [-0.2, -0.15) is 0 Å². The monoisotopic (exact) mass is 216 g/mol. The number of carbonyl (C=O) groups excluding carboxylic acids is 1. The Kier molecular flexibility index (Phi) is 4.27. The van der Waals surface area contributed by atoms with Crippen LogP contribution in [0.5, 0.6) is 0 Å². The van der Waals surface area contributed by atoms with Crippen molar-refractivity contribution >= 4 is 11.9 Å². The van der Waals surface area contributed by atoms with Crippen LogP contribution in [-0.2, 0) is 9.59 Å². The van der Waals surface area contributed by atoms with Gasteiger partial charge in [-0.3, -0.25) is 9.59 Å². The van der Waals surface area contributed by atoms with E-state index in [1.54, 1.807) is 34.7 Å². The van der Waals surface area contributed by atoms with E-state index in [0.29, 0.717) is 0 Å². The highest BCUT2D eigenvalue weighted by Gasteiger charge is 2.44. The molecule has 0 atom stereocenters. The molecule has 0 aromatic carbocycles. The molecule has 0 unspecified atom stereocenters. The number of carboxylic acid groups (broad SMARTS) is 1. The van der Waals surface area contributed by atoms with Crippen LogP contribution in [0.25, 0.3) is 0 Å². The van der Waals surface area contributed by atoms with Gasteiger partial charge in [0.15, 0.2) is 0 Å². The molecule has 0 aromatic heterocycles. The molecule has 1 amide bonds. The van der Waals surface area contributed by atoms with Gasteiger partial charge in [-0.1, -0.05) is 0 Å². The van der Waals surface area contributed by atoms with Crippen molar-refractivity contribution in [1.82, 2.24) is 10.6 Å². The second-order valence-electron chi connectivity index (χ2n) is 4.63. The van der Waals surface area contributed by atoms with Crippen LogP contribution in [0.3, 0.4) is 0 Å². The fraction of sp³-hybridized carbons (Fsp3) is 0.800. The summed E-state index contributed by atoms with van der Waals surface area (Å²) >= 11 is 0. The Labute approximate surface area is 90.2 Å². The Balaban J connectivity index is 4.68. The highest BCUT2D eigenvalue weighted by atomic mass is 16.4. The molecule has 0 heterocycles. The summed E-state index contributed by atoms with van der Waals surface area (Å²) in [5, 5.41) is 14.5. The van der Waals surface area contributed by atoms with Gasteiger partial charge in [0.2, 0.25) is 5.91 Å². The highest BCUT2D eigenvalue weighted by Crippen LogP contribution is 2.30. The maximum atomic E-state index is 11.4. The third-order valence-corrected chi connectivity index (χ3v) is 2.89. The molecule has 0 saturated heterocycles. The lowest BCUT2D eigenvalue weighted by Gasteiger charge is -2.38. The number of hydrogen-bond acceptors (Lipinski definition) is 3. The van der Waals surface area contributed by atoms with Gasteiger partial charge < -0.3 is 15.7 Å². The molecule has 0 radical (unpaired) electrons. The van der Waals surface area contributed by atoms with Gasteiger partial charge >= 0.3 is 5.97 Å². The van der Waals surface area contributed by atoms with Gasteiger partial charge in [-0.15, -0.1) is 0 Å². The van der Waals surface area contributed by atoms with Crippen LogP contribution in [-0.4, -0.2) is 36.1 Å². The van der Waals surface area contributed by atoms with Crippen LogP contribution >= 0.6 is 0 Å². The van der Waals surface area contributed by atoms with Gasteiger partial charge in [0.25, 0.3) is 0 Å². The molecule has 0 saturated carbocycles. The zero-order valence-corrected chi connectivity index (χ0v) is 9.97. The molecule has 0 bridgehead atoms. The Hall–Kier alpha value is -1.10. The highest BCUT2D eigenvalue weighted by molar-refractivity contribution is 5.81. The zero-order chi connectivity index (χ0) is 12.3. The molecular weight excluding hydrogens is 196 g/mol. The third-order valence-electron chi connectivity index (χ3n) is 2.89. The van der Waals surface area contributed by atoms with Gasteiger partial charge in [-0.05, 0) is 34.7 Å². The molecule has 5 heteroatoms. The first-order valence-electron chi connectivity index (χ1n) is 4.84. The lowest BCUT2D eigenvalue weighted by molar-refractivity contribution is -0.151. The number of carbonyl (C=O) groups is 2. The first-order chi connectivity index (χ1) is 6.65. The van der Waals surface area contributed by atoms with Crippen molar-refractivity contribution in [3.63, 3.8) is 0 Å². The van der Waals surface area contributed by atoms with Crippen LogP contribution in [0.4, 0.5) is 0 Å². The van der Waals surface area contributed by atoms with Crippen LogP contribution in [0, 0.1) is 5.41 Å². The quantitative estimate of drug-likeness (QED) is 0.614. The molecule has 3 N–H and O–H groups in total. The van der Waals surface area contributed by atoms with Crippen molar-refractivity contribution < 1.29 is 14.7 Å². The average Bonchev–Trinajstić information content (AvgIpc) is 2.02. The minimum atomic E-state index is -1.02. The van der Waals surface area contributed by atoms with E-state index in [9.17, 15) is 9.59 Å². The van der Waals surface area contributed by atoms with E-state index < -0.39 is 16.9 Å². The summed E-state index contributed by atoms with van der Waals surface area (Å²) in [6, 6.07) is 0. The standard InChI is InChI=1S/C10H20N2O3/c1-9(2,8(14)15)10(3,4)12-7(13)6-11-5/h11H,6H2,1-5H3,(H,12,13)(H,14,15). The minimum absolute atomic E-state index is 0.180. The first-order valence-corrected chi connectivity index (χ1v) is 4.84. The molecular formula is C10H20N2O3. The molecule has 0 aromatic rings. The Bertz CT molecular complexity index is 259. The number of aliphatic carboxylic acids is 1. The fourth-order valence-corrected chi connectivity index (χ4v) is 0.977. The van der Waals surface area contributed by atoms with E-state index in [0.717, 1.165) is 0 Å². The average molecular weight is 216 g/mol. The number of hydrogen-bond donors (Lipinski definition) is 3. The summed E-state index contributed by atoms with van der Waals surface area (Å²) in [4.78, 5) is 22.4.